The number of piperidine rings is 1. The van der Waals surface area contributed by atoms with Crippen molar-refractivity contribution in [3.05, 3.63) is 90.1 Å². The molecular formula is C27H29N3O3. The predicted molar refractivity (Wildman–Crippen MR) is 128 cm³/mol. The third-order valence-electron chi connectivity index (χ3n) is 5.95. The quantitative estimate of drug-likeness (QED) is 0.490. The van der Waals surface area contributed by atoms with Crippen molar-refractivity contribution in [2.75, 3.05) is 25.0 Å². The Balaban J connectivity index is 1.17. The van der Waals surface area contributed by atoms with E-state index in [0.29, 0.717) is 31.0 Å². The van der Waals surface area contributed by atoms with Gasteiger partial charge in [0.05, 0.1) is 0 Å². The first-order valence-corrected chi connectivity index (χ1v) is 11.4. The summed E-state index contributed by atoms with van der Waals surface area (Å²) in [6.45, 7) is 2.85. The number of hydrogen-bond acceptors (Lipinski definition) is 5. The number of ether oxygens (including phenoxy) is 1. The Morgan fingerprint density at radius 2 is 1.67 bits per heavy atom. The molecule has 0 atom stereocenters. The number of amides is 1. The largest absolute Gasteiger partial charge is 0.489 e. The zero-order chi connectivity index (χ0) is 22.9. The average Bonchev–Trinajstić information content (AvgIpc) is 2.88. The van der Waals surface area contributed by atoms with Gasteiger partial charge in [0.1, 0.15) is 18.2 Å². The lowest BCUT2D eigenvalue weighted by molar-refractivity contribution is -0.121. The molecule has 1 N–H and O–H groups in total. The number of anilines is 1. The second-order valence-electron chi connectivity index (χ2n) is 8.29. The second-order valence-corrected chi connectivity index (χ2v) is 8.29. The number of carbonyl (C=O) groups is 2. The van der Waals surface area contributed by atoms with Crippen molar-refractivity contribution in [3.8, 4) is 5.75 Å². The summed E-state index contributed by atoms with van der Waals surface area (Å²) in [7, 11) is 0. The van der Waals surface area contributed by atoms with Crippen molar-refractivity contribution < 1.29 is 14.3 Å². The van der Waals surface area contributed by atoms with E-state index in [1.165, 1.54) is 0 Å². The van der Waals surface area contributed by atoms with Gasteiger partial charge in [-0.2, -0.15) is 0 Å². The standard InChI is InChI=1S/C27H29N3O3/c31-25(22-9-11-24(12-10-22)33-20-21-6-2-1-3-7-21)15-19-30-17-13-23(14-18-30)27(32)29-26-8-4-5-16-28-26/h1-12,16,23H,13-15,17-20H2,(H,28,29,32). The Labute approximate surface area is 194 Å². The maximum Gasteiger partial charge on any atom is 0.228 e. The first kappa shape index (κ1) is 22.7. The van der Waals surface area contributed by atoms with Gasteiger partial charge in [-0.3, -0.25) is 9.59 Å². The third kappa shape index (κ3) is 6.73. The van der Waals surface area contributed by atoms with E-state index in [9.17, 15) is 9.59 Å². The molecule has 1 amide bonds. The summed E-state index contributed by atoms with van der Waals surface area (Å²) >= 11 is 0. The van der Waals surface area contributed by atoms with Gasteiger partial charge in [-0.1, -0.05) is 36.4 Å². The van der Waals surface area contributed by atoms with E-state index in [0.717, 1.165) is 37.2 Å². The zero-order valence-electron chi connectivity index (χ0n) is 18.7. The molecule has 2 heterocycles. The molecule has 3 aromatic rings. The van der Waals surface area contributed by atoms with Crippen LogP contribution >= 0.6 is 0 Å². The molecule has 1 saturated heterocycles. The average molecular weight is 444 g/mol. The highest BCUT2D eigenvalue weighted by molar-refractivity contribution is 5.96. The number of ketones is 1. The Hall–Kier alpha value is -3.51. The van der Waals surface area contributed by atoms with E-state index in [1.807, 2.05) is 66.7 Å². The molecule has 1 aliphatic rings. The Kier molecular flexibility index (Phi) is 7.82. The molecule has 0 unspecified atom stereocenters. The minimum Gasteiger partial charge on any atom is -0.489 e. The Morgan fingerprint density at radius 3 is 2.36 bits per heavy atom. The molecule has 6 heteroatoms. The van der Waals surface area contributed by atoms with E-state index >= 15 is 0 Å². The van der Waals surface area contributed by atoms with E-state index < -0.39 is 0 Å². The highest BCUT2D eigenvalue weighted by Crippen LogP contribution is 2.20. The summed E-state index contributed by atoms with van der Waals surface area (Å²) in [5.41, 5.74) is 1.81. The topological polar surface area (TPSA) is 71.5 Å². The van der Waals surface area contributed by atoms with E-state index in [1.54, 1.807) is 12.3 Å². The Morgan fingerprint density at radius 1 is 0.939 bits per heavy atom. The minimum atomic E-state index is -0.0117. The van der Waals surface area contributed by atoms with Crippen molar-refractivity contribution in [2.24, 2.45) is 5.92 Å². The summed E-state index contributed by atoms with van der Waals surface area (Å²) < 4.78 is 5.79. The van der Waals surface area contributed by atoms with Crippen LogP contribution in [0.2, 0.25) is 0 Å². The lowest BCUT2D eigenvalue weighted by atomic mass is 9.95. The van der Waals surface area contributed by atoms with Gasteiger partial charge in [0.2, 0.25) is 5.91 Å². The summed E-state index contributed by atoms with van der Waals surface area (Å²) in [5, 5.41) is 2.89. The molecule has 2 aromatic carbocycles. The van der Waals surface area contributed by atoms with Gasteiger partial charge in [0, 0.05) is 30.6 Å². The van der Waals surface area contributed by atoms with Gasteiger partial charge < -0.3 is 15.0 Å². The maximum absolute atomic E-state index is 12.6. The fraction of sp³-hybridized carbons (Fsp3) is 0.296. The van der Waals surface area contributed by atoms with Crippen molar-refractivity contribution in [1.82, 2.24) is 9.88 Å². The van der Waals surface area contributed by atoms with Crippen LogP contribution in [0, 0.1) is 5.92 Å². The van der Waals surface area contributed by atoms with Gasteiger partial charge in [-0.25, -0.2) is 4.98 Å². The van der Waals surface area contributed by atoms with Gasteiger partial charge >= 0.3 is 0 Å². The molecule has 6 nitrogen and oxygen atoms in total. The fourth-order valence-electron chi connectivity index (χ4n) is 3.97. The molecule has 1 aliphatic heterocycles. The second kappa shape index (κ2) is 11.4. The number of nitrogens with one attached hydrogen (secondary N) is 1. The lowest BCUT2D eigenvalue weighted by Gasteiger charge is -2.31. The molecule has 0 radical (unpaired) electrons. The van der Waals surface area contributed by atoms with Crippen LogP contribution in [0.4, 0.5) is 5.82 Å². The number of carbonyl (C=O) groups excluding carboxylic acids is 2. The fourth-order valence-corrected chi connectivity index (χ4v) is 3.97. The monoisotopic (exact) mass is 443 g/mol. The van der Waals surface area contributed by atoms with E-state index in [-0.39, 0.29) is 17.6 Å². The van der Waals surface area contributed by atoms with Crippen LogP contribution in [0.15, 0.2) is 79.0 Å². The molecule has 170 valence electrons. The number of rotatable bonds is 9. The Bertz CT molecular complexity index is 1030. The SMILES string of the molecule is O=C(CCN1CCC(C(=O)Nc2ccccn2)CC1)c1ccc(OCc2ccccc2)cc1. The lowest BCUT2D eigenvalue weighted by Crippen LogP contribution is -2.39. The smallest absolute Gasteiger partial charge is 0.228 e. The summed E-state index contributed by atoms with van der Waals surface area (Å²) in [4.78, 5) is 31.5. The van der Waals surface area contributed by atoms with Crippen molar-refractivity contribution in [2.45, 2.75) is 25.9 Å². The number of benzene rings is 2. The highest BCUT2D eigenvalue weighted by Gasteiger charge is 2.25. The zero-order valence-corrected chi connectivity index (χ0v) is 18.7. The van der Waals surface area contributed by atoms with Crippen LogP contribution < -0.4 is 10.1 Å². The van der Waals surface area contributed by atoms with Crippen LogP contribution in [0.1, 0.15) is 35.2 Å². The number of Topliss-reactive ketones (excluding diaryl/α,β-unsaturated/α-hetero) is 1. The highest BCUT2D eigenvalue weighted by atomic mass is 16.5. The molecule has 33 heavy (non-hydrogen) atoms. The summed E-state index contributed by atoms with van der Waals surface area (Å²) in [5.74, 6) is 1.48. The maximum atomic E-state index is 12.6. The van der Waals surface area contributed by atoms with Crippen LogP contribution in [0.3, 0.4) is 0 Å². The third-order valence-corrected chi connectivity index (χ3v) is 5.95. The van der Waals surface area contributed by atoms with Crippen molar-refractivity contribution in [1.29, 1.82) is 0 Å². The van der Waals surface area contributed by atoms with Gasteiger partial charge in [0.15, 0.2) is 5.78 Å². The molecular weight excluding hydrogens is 414 g/mol. The molecule has 0 aliphatic carbocycles. The summed E-state index contributed by atoms with van der Waals surface area (Å²) in [6, 6.07) is 22.8. The van der Waals surface area contributed by atoms with Gasteiger partial charge in [-0.05, 0) is 67.9 Å². The molecule has 0 spiro atoms. The van der Waals surface area contributed by atoms with Gasteiger partial charge in [0.25, 0.3) is 0 Å². The van der Waals surface area contributed by atoms with E-state index in [2.05, 4.69) is 15.2 Å². The predicted octanol–water partition coefficient (Wildman–Crippen LogP) is 4.58. The van der Waals surface area contributed by atoms with Crippen LogP contribution in [0.5, 0.6) is 5.75 Å². The number of pyridine rings is 1. The first-order valence-electron chi connectivity index (χ1n) is 11.4. The molecule has 0 saturated carbocycles. The van der Waals surface area contributed by atoms with Crippen LogP contribution in [0.25, 0.3) is 0 Å². The van der Waals surface area contributed by atoms with E-state index in [4.69, 9.17) is 4.74 Å². The molecule has 0 bridgehead atoms. The van der Waals surface area contributed by atoms with Crippen molar-refractivity contribution in [3.63, 3.8) is 0 Å². The number of nitrogens with zero attached hydrogens (tertiary/aromatic N) is 2. The van der Waals surface area contributed by atoms with Crippen molar-refractivity contribution >= 4 is 17.5 Å². The van der Waals surface area contributed by atoms with Gasteiger partial charge in [-0.15, -0.1) is 0 Å². The number of likely N-dealkylation sites (tertiary alicyclic amines) is 1. The molecule has 1 fully saturated rings. The number of hydrogen-bond donors (Lipinski definition) is 1. The normalized spacial score (nSPS) is 14.5. The summed E-state index contributed by atoms with van der Waals surface area (Å²) in [6.07, 6.45) is 3.72. The van der Waals surface area contributed by atoms with Crippen LogP contribution in [-0.4, -0.2) is 41.2 Å². The minimum absolute atomic E-state index is 0.0117. The number of aromatic nitrogens is 1. The molecule has 4 rings (SSSR count). The molecule has 1 aromatic heterocycles. The van der Waals surface area contributed by atoms with Crippen LogP contribution in [-0.2, 0) is 11.4 Å². The first-order chi connectivity index (χ1) is 16.2.